The first-order valence-electron chi connectivity index (χ1n) is 13.5. The fourth-order valence-electron chi connectivity index (χ4n) is 4.76. The lowest BCUT2D eigenvalue weighted by molar-refractivity contribution is -0.127. The molecule has 3 aromatic rings. The minimum atomic E-state index is -0.289. The number of benzene rings is 2. The molecule has 0 aliphatic carbocycles. The number of nitrogens with zero attached hydrogens (tertiary/aromatic N) is 5. The molecule has 2 aromatic carbocycles. The van der Waals surface area contributed by atoms with Crippen LogP contribution in [0.25, 0.3) is 17.2 Å². The van der Waals surface area contributed by atoms with Crippen LogP contribution < -0.4 is 11.2 Å². The van der Waals surface area contributed by atoms with E-state index in [1.165, 1.54) is 0 Å². The van der Waals surface area contributed by atoms with Crippen LogP contribution in [0.4, 0.5) is 5.69 Å². The summed E-state index contributed by atoms with van der Waals surface area (Å²) in [5.74, 6) is 0.235. The van der Waals surface area contributed by atoms with Crippen LogP contribution >= 0.6 is 0 Å². The molecular formula is C31H35N7O2. The molecule has 1 aliphatic heterocycles. The number of carbonyl (C=O) groups excluding carboxylic acids is 2. The third-order valence-corrected chi connectivity index (χ3v) is 6.60. The first-order valence-corrected chi connectivity index (χ1v) is 13.5. The Labute approximate surface area is 234 Å². The lowest BCUT2D eigenvalue weighted by Crippen LogP contribution is -2.34. The molecule has 9 heteroatoms. The van der Waals surface area contributed by atoms with Crippen LogP contribution in [0.3, 0.4) is 0 Å². The van der Waals surface area contributed by atoms with Gasteiger partial charge in [0.2, 0.25) is 17.5 Å². The summed E-state index contributed by atoms with van der Waals surface area (Å²) in [6, 6.07) is 11.2. The number of aryl methyl sites for hydroxylation is 1. The first-order chi connectivity index (χ1) is 19.4. The number of carbonyl (C=O) groups is 2. The van der Waals surface area contributed by atoms with Crippen LogP contribution in [0.1, 0.15) is 66.0 Å². The third-order valence-electron chi connectivity index (χ3n) is 6.60. The average molecular weight is 538 g/mol. The Bertz CT molecular complexity index is 1490. The Kier molecular flexibility index (Phi) is 9.16. The largest absolute Gasteiger partial charge is 0.387 e. The van der Waals surface area contributed by atoms with Gasteiger partial charge in [-0.1, -0.05) is 26.0 Å². The SMILES string of the molecule is CCCN(CCC)C(=O)C1=Cc2c(C)cc(-c3ccc(C(=O)c4ncccn4)c(/C=N\NC)c3)cc2N=C(N)C1. The van der Waals surface area contributed by atoms with Crippen LogP contribution in [0.5, 0.6) is 0 Å². The Morgan fingerprint density at radius 1 is 1.07 bits per heavy atom. The first kappa shape index (κ1) is 28.4. The molecule has 9 nitrogen and oxygen atoms in total. The number of aromatic nitrogens is 2. The van der Waals surface area contributed by atoms with Crippen molar-refractivity contribution < 1.29 is 9.59 Å². The molecule has 1 amide bonds. The maximum absolute atomic E-state index is 13.4. The van der Waals surface area contributed by atoms with Crippen LogP contribution in [0.2, 0.25) is 0 Å². The summed E-state index contributed by atoms with van der Waals surface area (Å²) in [5.41, 5.74) is 15.1. The molecule has 206 valence electrons. The van der Waals surface area contributed by atoms with E-state index >= 15 is 0 Å². The Morgan fingerprint density at radius 2 is 1.80 bits per heavy atom. The Morgan fingerprint density at radius 3 is 2.48 bits per heavy atom. The standard InChI is InChI=1S/C31H35N7O2/c1-5-12-38(13-6-2)31(40)23-16-26-20(3)14-22(17-27(26)37-28(32)18-23)21-8-9-25(24(15-21)19-36-33-4)29(39)30-34-10-7-11-35-30/h7-11,14-17,19,33H,5-6,12-13,18H2,1-4H3,(H2,32,37)/b36-19-. The average Bonchev–Trinajstić information content (AvgIpc) is 3.14. The van der Waals surface area contributed by atoms with E-state index in [1.807, 2.05) is 36.1 Å². The van der Waals surface area contributed by atoms with Gasteiger partial charge in [-0.3, -0.25) is 9.59 Å². The number of hydrogen-bond donors (Lipinski definition) is 2. The Hall–Kier alpha value is -4.66. The summed E-state index contributed by atoms with van der Waals surface area (Å²) < 4.78 is 0. The lowest BCUT2D eigenvalue weighted by atomic mass is 9.93. The number of nitrogens with two attached hydrogens (primary N) is 1. The molecule has 0 spiro atoms. The van der Waals surface area contributed by atoms with Gasteiger partial charge in [0.05, 0.1) is 11.9 Å². The van der Waals surface area contributed by atoms with Gasteiger partial charge in [0.1, 0.15) is 5.84 Å². The number of hydrogen-bond acceptors (Lipinski definition) is 8. The highest BCUT2D eigenvalue weighted by Crippen LogP contribution is 2.35. The maximum atomic E-state index is 13.4. The predicted octanol–water partition coefficient (Wildman–Crippen LogP) is 4.66. The summed E-state index contributed by atoms with van der Waals surface area (Å²) in [7, 11) is 1.69. The molecule has 3 N–H and O–H groups in total. The van der Waals surface area contributed by atoms with Gasteiger partial charge in [-0.05, 0) is 66.8 Å². The molecule has 0 bridgehead atoms. The van der Waals surface area contributed by atoms with Crippen molar-refractivity contribution in [3.8, 4) is 11.1 Å². The van der Waals surface area contributed by atoms with Crippen LogP contribution in [0.15, 0.2) is 64.5 Å². The summed E-state index contributed by atoms with van der Waals surface area (Å²) in [4.78, 5) is 41.3. The number of rotatable bonds is 10. The van der Waals surface area contributed by atoms with E-state index in [1.54, 1.807) is 37.8 Å². The van der Waals surface area contributed by atoms with E-state index in [9.17, 15) is 9.59 Å². The summed E-state index contributed by atoms with van der Waals surface area (Å²) in [5, 5.41) is 4.14. The lowest BCUT2D eigenvalue weighted by Gasteiger charge is -2.22. The Balaban J connectivity index is 1.76. The van der Waals surface area contributed by atoms with E-state index < -0.39 is 0 Å². The smallest absolute Gasteiger partial charge is 0.250 e. The molecule has 0 atom stereocenters. The highest BCUT2D eigenvalue weighted by molar-refractivity contribution is 6.11. The normalized spacial score (nSPS) is 12.8. The monoisotopic (exact) mass is 537 g/mol. The fraction of sp³-hybridized carbons (Fsp3) is 0.290. The quantitative estimate of drug-likeness (QED) is 0.220. The van der Waals surface area contributed by atoms with Crippen molar-refractivity contribution in [1.29, 1.82) is 0 Å². The van der Waals surface area contributed by atoms with Crippen molar-refractivity contribution in [2.45, 2.75) is 40.0 Å². The van der Waals surface area contributed by atoms with Crippen molar-refractivity contribution in [2.24, 2.45) is 15.8 Å². The van der Waals surface area contributed by atoms with Crippen molar-refractivity contribution in [3.63, 3.8) is 0 Å². The van der Waals surface area contributed by atoms with Gasteiger partial charge >= 0.3 is 0 Å². The minimum absolute atomic E-state index is 0.00860. The van der Waals surface area contributed by atoms with Crippen molar-refractivity contribution in [3.05, 3.63) is 82.4 Å². The minimum Gasteiger partial charge on any atom is -0.387 e. The van der Waals surface area contributed by atoms with E-state index in [-0.39, 0.29) is 17.5 Å². The molecule has 1 aliphatic rings. The summed E-state index contributed by atoms with van der Waals surface area (Å²) >= 11 is 0. The second kappa shape index (κ2) is 12.9. The van der Waals surface area contributed by atoms with Crippen LogP contribution in [-0.4, -0.2) is 58.7 Å². The summed E-state index contributed by atoms with van der Waals surface area (Å²) in [6.07, 6.45) is 8.71. The molecule has 1 aromatic heterocycles. The highest BCUT2D eigenvalue weighted by Gasteiger charge is 2.22. The number of amidine groups is 1. The van der Waals surface area contributed by atoms with Gasteiger partial charge in [-0.15, -0.1) is 0 Å². The van der Waals surface area contributed by atoms with Gasteiger partial charge in [-0.25, -0.2) is 15.0 Å². The number of amides is 1. The molecule has 40 heavy (non-hydrogen) atoms. The third kappa shape index (κ3) is 6.31. The molecule has 2 heterocycles. The zero-order valence-corrected chi connectivity index (χ0v) is 23.4. The number of ketones is 1. The molecule has 0 saturated heterocycles. The van der Waals surface area contributed by atoms with Gasteiger partial charge in [-0.2, -0.15) is 5.10 Å². The topological polar surface area (TPSA) is 126 Å². The molecular weight excluding hydrogens is 502 g/mol. The van der Waals surface area contributed by atoms with Gasteiger partial charge < -0.3 is 16.1 Å². The van der Waals surface area contributed by atoms with Gasteiger partial charge in [0.25, 0.3) is 0 Å². The number of hydrazone groups is 1. The van der Waals surface area contributed by atoms with E-state index in [0.29, 0.717) is 47.7 Å². The molecule has 0 unspecified atom stereocenters. The second-order valence-electron chi connectivity index (χ2n) is 9.65. The predicted molar refractivity (Wildman–Crippen MR) is 160 cm³/mol. The van der Waals surface area contributed by atoms with E-state index in [0.717, 1.165) is 35.1 Å². The number of nitrogens with one attached hydrogen (secondary N) is 1. The fourth-order valence-corrected chi connectivity index (χ4v) is 4.76. The van der Waals surface area contributed by atoms with Crippen LogP contribution in [-0.2, 0) is 4.79 Å². The van der Waals surface area contributed by atoms with Crippen LogP contribution in [0, 0.1) is 6.92 Å². The molecule has 0 radical (unpaired) electrons. The zero-order chi connectivity index (χ0) is 28.6. The van der Waals surface area contributed by atoms with Crippen molar-refractivity contribution >= 4 is 35.5 Å². The molecule has 4 rings (SSSR count). The zero-order valence-electron chi connectivity index (χ0n) is 23.4. The van der Waals surface area contributed by atoms with Gasteiger partial charge in [0, 0.05) is 61.2 Å². The summed E-state index contributed by atoms with van der Waals surface area (Å²) in [6.45, 7) is 7.56. The molecule has 0 saturated carbocycles. The van der Waals surface area contributed by atoms with E-state index in [2.05, 4.69) is 40.4 Å². The van der Waals surface area contributed by atoms with Gasteiger partial charge in [0.15, 0.2) is 0 Å². The maximum Gasteiger partial charge on any atom is 0.250 e. The highest BCUT2D eigenvalue weighted by atomic mass is 16.2. The second-order valence-corrected chi connectivity index (χ2v) is 9.65. The number of aliphatic imine (C=N–C) groups is 1. The number of fused-ring (bicyclic) bond motifs is 1. The molecule has 0 fully saturated rings. The van der Waals surface area contributed by atoms with Crippen molar-refractivity contribution in [1.82, 2.24) is 20.3 Å². The van der Waals surface area contributed by atoms with E-state index in [4.69, 9.17) is 10.7 Å². The van der Waals surface area contributed by atoms with Crippen molar-refractivity contribution in [2.75, 3.05) is 20.1 Å².